The lowest BCUT2D eigenvalue weighted by Crippen LogP contribution is -2.37. The second-order valence-electron chi connectivity index (χ2n) is 5.63. The number of nitrogen functional groups attached to an aromatic ring is 1. The van der Waals surface area contributed by atoms with Crippen LogP contribution >= 0.6 is 0 Å². The molecule has 1 aliphatic heterocycles. The van der Waals surface area contributed by atoms with Gasteiger partial charge in [-0.2, -0.15) is 0 Å². The van der Waals surface area contributed by atoms with Crippen molar-refractivity contribution in [2.75, 3.05) is 38.6 Å². The fraction of sp³-hybridized carbons (Fsp3) is 0.600. The van der Waals surface area contributed by atoms with Gasteiger partial charge in [-0.05, 0) is 25.8 Å². The van der Waals surface area contributed by atoms with E-state index in [9.17, 15) is 0 Å². The van der Waals surface area contributed by atoms with Crippen molar-refractivity contribution in [3.05, 3.63) is 17.6 Å². The highest BCUT2D eigenvalue weighted by Gasteiger charge is 2.15. The number of aromatic nitrogens is 3. The Kier molecular flexibility index (Phi) is 4.07. The van der Waals surface area contributed by atoms with Crippen molar-refractivity contribution in [2.45, 2.75) is 26.8 Å². The number of aryl methyl sites for hydroxylation is 2. The Balaban J connectivity index is 1.74. The van der Waals surface area contributed by atoms with Gasteiger partial charge in [0.25, 0.3) is 0 Å². The van der Waals surface area contributed by atoms with E-state index in [0.29, 0.717) is 5.82 Å². The van der Waals surface area contributed by atoms with E-state index < -0.39 is 0 Å². The van der Waals surface area contributed by atoms with Crippen molar-refractivity contribution in [3.63, 3.8) is 0 Å². The Morgan fingerprint density at radius 3 is 2.71 bits per heavy atom. The predicted octanol–water partition coefficient (Wildman–Crippen LogP) is 1.35. The number of nitrogens with zero attached hydrogens (tertiary/aromatic N) is 4. The molecule has 0 saturated carbocycles. The van der Waals surface area contributed by atoms with Gasteiger partial charge in [-0.3, -0.25) is 4.90 Å². The van der Waals surface area contributed by atoms with Gasteiger partial charge in [0.05, 0.1) is 18.6 Å². The highest BCUT2D eigenvalue weighted by Crippen LogP contribution is 2.27. The largest absolute Gasteiger partial charge is 0.383 e. The summed E-state index contributed by atoms with van der Waals surface area (Å²) in [5, 5.41) is 1.00. The fourth-order valence-electron chi connectivity index (χ4n) is 3.05. The number of morpholine rings is 1. The molecule has 0 atom stereocenters. The van der Waals surface area contributed by atoms with Crippen LogP contribution in [-0.4, -0.2) is 52.3 Å². The number of hydrogen-bond donors (Lipinski definition) is 1. The van der Waals surface area contributed by atoms with Gasteiger partial charge in [-0.15, -0.1) is 0 Å². The van der Waals surface area contributed by atoms with Crippen molar-refractivity contribution in [1.82, 2.24) is 19.4 Å². The lowest BCUT2D eigenvalue weighted by molar-refractivity contribution is 0.0369. The van der Waals surface area contributed by atoms with Gasteiger partial charge < -0.3 is 15.0 Å². The SMILES string of the molecule is Cc1c(C)n(CCCN2CCOCC2)c2ncnc(N)c12. The molecule has 1 saturated heterocycles. The Labute approximate surface area is 124 Å². The highest BCUT2D eigenvalue weighted by atomic mass is 16.5. The number of anilines is 1. The van der Waals surface area contributed by atoms with E-state index in [1.807, 2.05) is 0 Å². The first kappa shape index (κ1) is 14.3. The van der Waals surface area contributed by atoms with Gasteiger partial charge in [0.15, 0.2) is 0 Å². The smallest absolute Gasteiger partial charge is 0.145 e. The summed E-state index contributed by atoms with van der Waals surface area (Å²) in [5.41, 5.74) is 9.38. The predicted molar refractivity (Wildman–Crippen MR) is 83.3 cm³/mol. The van der Waals surface area contributed by atoms with E-state index >= 15 is 0 Å². The van der Waals surface area contributed by atoms with Crippen LogP contribution in [0.2, 0.25) is 0 Å². The summed E-state index contributed by atoms with van der Waals surface area (Å²) in [6.45, 7) is 10.1. The first-order valence-electron chi connectivity index (χ1n) is 7.54. The molecular formula is C15H23N5O. The summed E-state index contributed by atoms with van der Waals surface area (Å²) in [5.74, 6) is 0.576. The number of nitrogens with two attached hydrogens (primary N) is 1. The Hall–Kier alpha value is -1.66. The second-order valence-corrected chi connectivity index (χ2v) is 5.63. The third-order valence-corrected chi connectivity index (χ3v) is 4.39. The Bertz CT molecular complexity index is 631. The molecule has 2 aromatic rings. The maximum Gasteiger partial charge on any atom is 0.145 e. The molecular weight excluding hydrogens is 266 g/mol. The molecule has 114 valence electrons. The van der Waals surface area contributed by atoms with E-state index in [2.05, 4.69) is 33.3 Å². The molecule has 0 bridgehead atoms. The summed E-state index contributed by atoms with van der Waals surface area (Å²) in [4.78, 5) is 11.0. The number of hydrogen-bond acceptors (Lipinski definition) is 5. The summed E-state index contributed by atoms with van der Waals surface area (Å²) < 4.78 is 7.65. The lowest BCUT2D eigenvalue weighted by Gasteiger charge is -2.26. The van der Waals surface area contributed by atoms with Gasteiger partial charge in [0, 0.05) is 31.9 Å². The van der Waals surface area contributed by atoms with Crippen LogP contribution in [0.25, 0.3) is 11.0 Å². The zero-order valence-corrected chi connectivity index (χ0v) is 12.8. The van der Waals surface area contributed by atoms with Crippen molar-refractivity contribution in [2.24, 2.45) is 0 Å². The van der Waals surface area contributed by atoms with Crippen LogP contribution in [0.1, 0.15) is 17.7 Å². The summed E-state index contributed by atoms with van der Waals surface area (Å²) in [6, 6.07) is 0. The van der Waals surface area contributed by atoms with Crippen LogP contribution in [0.15, 0.2) is 6.33 Å². The Morgan fingerprint density at radius 2 is 1.95 bits per heavy atom. The molecule has 21 heavy (non-hydrogen) atoms. The Morgan fingerprint density at radius 1 is 1.19 bits per heavy atom. The summed E-state index contributed by atoms with van der Waals surface area (Å²) in [7, 11) is 0. The summed E-state index contributed by atoms with van der Waals surface area (Å²) >= 11 is 0. The fourth-order valence-corrected chi connectivity index (χ4v) is 3.05. The third-order valence-electron chi connectivity index (χ3n) is 4.39. The minimum absolute atomic E-state index is 0.576. The quantitative estimate of drug-likeness (QED) is 0.920. The van der Waals surface area contributed by atoms with E-state index in [4.69, 9.17) is 10.5 Å². The molecule has 1 aliphatic rings. The normalized spacial score (nSPS) is 16.7. The van der Waals surface area contributed by atoms with Crippen LogP contribution in [0.5, 0.6) is 0 Å². The van der Waals surface area contributed by atoms with E-state index in [0.717, 1.165) is 56.8 Å². The van der Waals surface area contributed by atoms with Crippen LogP contribution < -0.4 is 5.73 Å². The molecule has 0 amide bonds. The molecule has 0 aromatic carbocycles. The molecule has 0 radical (unpaired) electrons. The zero-order chi connectivity index (χ0) is 14.8. The lowest BCUT2D eigenvalue weighted by atomic mass is 10.2. The molecule has 6 nitrogen and oxygen atoms in total. The zero-order valence-electron chi connectivity index (χ0n) is 12.8. The first-order valence-corrected chi connectivity index (χ1v) is 7.54. The van der Waals surface area contributed by atoms with Crippen molar-refractivity contribution in [1.29, 1.82) is 0 Å². The average Bonchev–Trinajstić information content (AvgIpc) is 2.74. The number of rotatable bonds is 4. The summed E-state index contributed by atoms with van der Waals surface area (Å²) in [6.07, 6.45) is 2.66. The topological polar surface area (TPSA) is 69.2 Å². The van der Waals surface area contributed by atoms with Gasteiger partial charge in [0.1, 0.15) is 17.8 Å². The molecule has 0 spiro atoms. The standard InChI is InChI=1S/C15H23N5O/c1-11-12(2)20(15-13(11)14(16)17-10-18-15)5-3-4-19-6-8-21-9-7-19/h10H,3-9H2,1-2H3,(H2,16,17,18). The van der Waals surface area contributed by atoms with Crippen molar-refractivity contribution in [3.8, 4) is 0 Å². The number of fused-ring (bicyclic) bond motifs is 1. The maximum absolute atomic E-state index is 6.00. The van der Waals surface area contributed by atoms with E-state index in [1.165, 1.54) is 11.3 Å². The van der Waals surface area contributed by atoms with Crippen LogP contribution in [0.3, 0.4) is 0 Å². The third kappa shape index (κ3) is 2.73. The van der Waals surface area contributed by atoms with Gasteiger partial charge in [0.2, 0.25) is 0 Å². The second kappa shape index (κ2) is 5.99. The monoisotopic (exact) mass is 289 g/mol. The average molecular weight is 289 g/mol. The molecule has 6 heteroatoms. The van der Waals surface area contributed by atoms with E-state index in [1.54, 1.807) is 6.33 Å². The molecule has 3 rings (SSSR count). The molecule has 3 heterocycles. The van der Waals surface area contributed by atoms with Crippen LogP contribution in [0, 0.1) is 13.8 Å². The minimum Gasteiger partial charge on any atom is -0.383 e. The maximum atomic E-state index is 6.00. The minimum atomic E-state index is 0.576. The molecule has 2 aromatic heterocycles. The highest BCUT2D eigenvalue weighted by molar-refractivity contribution is 5.90. The molecule has 1 fully saturated rings. The van der Waals surface area contributed by atoms with Crippen molar-refractivity contribution < 1.29 is 4.74 Å². The van der Waals surface area contributed by atoms with E-state index in [-0.39, 0.29) is 0 Å². The molecule has 0 aliphatic carbocycles. The van der Waals surface area contributed by atoms with Gasteiger partial charge in [-0.1, -0.05) is 0 Å². The van der Waals surface area contributed by atoms with Crippen LogP contribution in [-0.2, 0) is 11.3 Å². The van der Waals surface area contributed by atoms with Crippen LogP contribution in [0.4, 0.5) is 5.82 Å². The molecule has 0 unspecified atom stereocenters. The van der Waals surface area contributed by atoms with Crippen molar-refractivity contribution >= 4 is 16.9 Å². The first-order chi connectivity index (χ1) is 10.2. The number of ether oxygens (including phenoxy) is 1. The van der Waals surface area contributed by atoms with Gasteiger partial charge >= 0.3 is 0 Å². The van der Waals surface area contributed by atoms with Gasteiger partial charge in [-0.25, -0.2) is 9.97 Å². The molecule has 2 N–H and O–H groups in total.